The predicted octanol–water partition coefficient (Wildman–Crippen LogP) is 16.1. The van der Waals surface area contributed by atoms with Gasteiger partial charge in [0.15, 0.2) is 0 Å². The van der Waals surface area contributed by atoms with Gasteiger partial charge in [0.1, 0.15) is 0 Å². The Labute approximate surface area is 350 Å². The highest BCUT2D eigenvalue weighted by Gasteiger charge is 2.18. The van der Waals surface area contributed by atoms with Crippen LogP contribution in [0.4, 0.5) is 17.1 Å². The Balaban J connectivity index is 0.976. The zero-order chi connectivity index (χ0) is 39.8. The molecule has 0 aliphatic carbocycles. The van der Waals surface area contributed by atoms with Crippen LogP contribution < -0.4 is 4.90 Å². The number of aromatic nitrogens is 1. The Morgan fingerprint density at radius 2 is 0.717 bits per heavy atom. The fraction of sp³-hybridized carbons (Fsp3) is 0. The van der Waals surface area contributed by atoms with Crippen molar-refractivity contribution in [2.45, 2.75) is 0 Å². The molecule has 0 N–H and O–H groups in total. The van der Waals surface area contributed by atoms with Crippen LogP contribution in [0.1, 0.15) is 0 Å². The number of anilines is 3. The second-order valence-electron chi connectivity index (χ2n) is 15.4. The molecule has 282 valence electrons. The van der Waals surface area contributed by atoms with Gasteiger partial charge in [0.25, 0.3) is 0 Å². The molecule has 1 heterocycles. The first-order valence-corrected chi connectivity index (χ1v) is 20.6. The molecule has 2 nitrogen and oxygen atoms in total. The molecule has 11 rings (SSSR count). The maximum atomic E-state index is 2.42. The predicted molar refractivity (Wildman–Crippen MR) is 255 cm³/mol. The van der Waals surface area contributed by atoms with Gasteiger partial charge in [-0.1, -0.05) is 182 Å². The highest BCUT2D eigenvalue weighted by Crippen LogP contribution is 2.41. The molecule has 0 saturated carbocycles. The van der Waals surface area contributed by atoms with Crippen LogP contribution in [0.25, 0.3) is 82.8 Å². The molecule has 0 bridgehead atoms. The van der Waals surface area contributed by atoms with E-state index in [1.54, 1.807) is 0 Å². The van der Waals surface area contributed by atoms with Crippen molar-refractivity contribution in [2.24, 2.45) is 0 Å². The maximum Gasteiger partial charge on any atom is 0.0619 e. The molecule has 10 aromatic carbocycles. The molecule has 1 aromatic heterocycles. The topological polar surface area (TPSA) is 8.17 Å². The van der Waals surface area contributed by atoms with Gasteiger partial charge in [-0.05, 0) is 111 Å². The highest BCUT2D eigenvalue weighted by molar-refractivity contribution is 6.18. The fourth-order valence-corrected chi connectivity index (χ4v) is 8.82. The van der Waals surface area contributed by atoms with Crippen molar-refractivity contribution in [3.05, 3.63) is 243 Å². The number of nitrogens with zero attached hydrogens (tertiary/aromatic N) is 2. The fourth-order valence-electron chi connectivity index (χ4n) is 8.82. The molecule has 0 saturated heterocycles. The van der Waals surface area contributed by atoms with Crippen LogP contribution in [-0.2, 0) is 0 Å². The largest absolute Gasteiger partial charge is 0.310 e. The minimum Gasteiger partial charge on any atom is -0.310 e. The van der Waals surface area contributed by atoms with Crippen LogP contribution in [0.5, 0.6) is 0 Å². The van der Waals surface area contributed by atoms with Gasteiger partial charge < -0.3 is 9.47 Å². The van der Waals surface area contributed by atoms with Gasteiger partial charge in [0.2, 0.25) is 0 Å². The third-order valence-electron chi connectivity index (χ3n) is 11.8. The Bertz CT molecular complexity index is 3260. The zero-order valence-electron chi connectivity index (χ0n) is 33.0. The summed E-state index contributed by atoms with van der Waals surface area (Å²) in [6.45, 7) is 0. The molecule has 0 unspecified atom stereocenters. The molecular formula is C58H40N2. The number of para-hydroxylation sites is 2. The monoisotopic (exact) mass is 764 g/mol. The first kappa shape index (κ1) is 35.2. The van der Waals surface area contributed by atoms with Crippen molar-refractivity contribution in [3.8, 4) is 50.2 Å². The lowest BCUT2D eigenvalue weighted by molar-refractivity contribution is 1.19. The molecule has 0 amide bonds. The summed E-state index contributed by atoms with van der Waals surface area (Å²) in [5, 5.41) is 5.05. The van der Waals surface area contributed by atoms with Crippen LogP contribution in [0.3, 0.4) is 0 Å². The van der Waals surface area contributed by atoms with Gasteiger partial charge >= 0.3 is 0 Å². The van der Waals surface area contributed by atoms with Crippen LogP contribution in [0, 0.1) is 0 Å². The summed E-state index contributed by atoms with van der Waals surface area (Å²) in [5.41, 5.74) is 16.4. The summed E-state index contributed by atoms with van der Waals surface area (Å²) in [6, 6.07) is 87.8. The van der Waals surface area contributed by atoms with E-state index in [0.717, 1.165) is 22.7 Å². The lowest BCUT2D eigenvalue weighted by atomic mass is 9.95. The van der Waals surface area contributed by atoms with Gasteiger partial charge in [-0.15, -0.1) is 0 Å². The van der Waals surface area contributed by atoms with E-state index in [2.05, 4.69) is 252 Å². The van der Waals surface area contributed by atoms with E-state index in [0.29, 0.717) is 0 Å². The third kappa shape index (κ3) is 6.41. The second kappa shape index (κ2) is 15.1. The summed E-state index contributed by atoms with van der Waals surface area (Å²) < 4.78 is 2.42. The van der Waals surface area contributed by atoms with Crippen molar-refractivity contribution in [3.63, 3.8) is 0 Å². The number of hydrogen-bond acceptors (Lipinski definition) is 1. The van der Waals surface area contributed by atoms with Gasteiger partial charge in [-0.25, -0.2) is 0 Å². The van der Waals surface area contributed by atoms with Crippen LogP contribution in [0.2, 0.25) is 0 Å². The summed E-state index contributed by atoms with van der Waals surface area (Å²) in [4.78, 5) is 2.37. The number of hydrogen-bond donors (Lipinski definition) is 0. The highest BCUT2D eigenvalue weighted by atomic mass is 15.1. The smallest absolute Gasteiger partial charge is 0.0619 e. The van der Waals surface area contributed by atoms with Crippen molar-refractivity contribution < 1.29 is 0 Å². The van der Waals surface area contributed by atoms with Gasteiger partial charge in [0, 0.05) is 38.9 Å². The summed E-state index contributed by atoms with van der Waals surface area (Å²) in [5.74, 6) is 0. The van der Waals surface area contributed by atoms with Gasteiger partial charge in [-0.2, -0.15) is 0 Å². The van der Waals surface area contributed by atoms with Crippen molar-refractivity contribution >= 4 is 49.6 Å². The summed E-state index contributed by atoms with van der Waals surface area (Å²) in [6.07, 6.45) is 0. The average molecular weight is 765 g/mol. The van der Waals surface area contributed by atoms with Crippen molar-refractivity contribution in [2.75, 3.05) is 4.90 Å². The average Bonchev–Trinajstić information content (AvgIpc) is 3.68. The van der Waals surface area contributed by atoms with Crippen molar-refractivity contribution in [1.82, 2.24) is 4.57 Å². The number of benzene rings is 10. The number of fused-ring (bicyclic) bond motifs is 5. The Kier molecular flexibility index (Phi) is 8.87. The van der Waals surface area contributed by atoms with E-state index >= 15 is 0 Å². The molecule has 0 fully saturated rings. The minimum atomic E-state index is 1.09. The van der Waals surface area contributed by atoms with Gasteiger partial charge in [0.05, 0.1) is 11.0 Å². The summed E-state index contributed by atoms with van der Waals surface area (Å²) >= 11 is 0. The Hall–Kier alpha value is -7.94. The molecule has 0 spiro atoms. The first-order chi connectivity index (χ1) is 29.7. The standard InChI is InChI=1S/C58H40N2/c1-4-14-41(15-5-1)43-24-26-46(27-25-43)49-38-48(42-16-6-2-7-17-42)39-53(40-49)59(50-19-8-3-9-20-50)51-33-28-44(29-34-51)45-30-35-52(36-31-45)60-57-23-13-12-22-55(57)56-37-32-47-18-10-11-21-54(47)58(56)60/h1-40H. The Morgan fingerprint density at radius 1 is 0.267 bits per heavy atom. The van der Waals surface area contributed by atoms with E-state index < -0.39 is 0 Å². The molecule has 0 radical (unpaired) electrons. The Morgan fingerprint density at radius 3 is 1.35 bits per heavy atom. The minimum absolute atomic E-state index is 1.09. The van der Waals surface area contributed by atoms with E-state index in [4.69, 9.17) is 0 Å². The van der Waals surface area contributed by atoms with Gasteiger partial charge in [-0.3, -0.25) is 0 Å². The molecular weight excluding hydrogens is 725 g/mol. The summed E-state index contributed by atoms with van der Waals surface area (Å²) in [7, 11) is 0. The third-order valence-corrected chi connectivity index (χ3v) is 11.8. The van der Waals surface area contributed by atoms with E-state index in [1.807, 2.05) is 0 Å². The molecule has 11 aromatic rings. The molecule has 2 heteroatoms. The van der Waals surface area contributed by atoms with E-state index in [1.165, 1.54) is 77.1 Å². The molecule has 0 aliphatic rings. The first-order valence-electron chi connectivity index (χ1n) is 20.6. The molecule has 0 atom stereocenters. The SMILES string of the molecule is c1ccc(-c2ccc(-c3cc(-c4ccccc4)cc(N(c4ccccc4)c4ccc(-c5ccc(-n6c7ccccc7c7ccc8ccccc8c76)cc5)cc4)c3)cc2)cc1. The zero-order valence-corrected chi connectivity index (χ0v) is 33.0. The van der Waals surface area contributed by atoms with Crippen molar-refractivity contribution in [1.29, 1.82) is 0 Å². The number of rotatable bonds is 8. The second-order valence-corrected chi connectivity index (χ2v) is 15.4. The van der Waals surface area contributed by atoms with Crippen LogP contribution >= 0.6 is 0 Å². The van der Waals surface area contributed by atoms with E-state index in [9.17, 15) is 0 Å². The van der Waals surface area contributed by atoms with Crippen LogP contribution in [-0.4, -0.2) is 4.57 Å². The van der Waals surface area contributed by atoms with Crippen LogP contribution in [0.15, 0.2) is 243 Å². The molecule has 0 aliphatic heterocycles. The lowest BCUT2D eigenvalue weighted by Gasteiger charge is -2.27. The normalized spacial score (nSPS) is 11.3. The maximum absolute atomic E-state index is 2.42. The lowest BCUT2D eigenvalue weighted by Crippen LogP contribution is -2.10. The van der Waals surface area contributed by atoms with E-state index in [-0.39, 0.29) is 0 Å². The molecule has 60 heavy (non-hydrogen) atoms. The quantitative estimate of drug-likeness (QED) is 0.150.